The number of para-hydroxylation sites is 1. The fourth-order valence-electron chi connectivity index (χ4n) is 3.76. The van der Waals surface area contributed by atoms with Gasteiger partial charge in [-0.3, -0.25) is 14.9 Å². The number of amides is 1. The number of halogens is 2. The summed E-state index contributed by atoms with van der Waals surface area (Å²) in [4.78, 5) is 31.3. The molecule has 2 aliphatic rings. The SMILES string of the molecule is O=C1CSC(N2N=C(c3ccccc3[N+](=O)[O-])CC2c2cc3cc(F)ccc3nc2Cl)=N1. The molecule has 1 aromatic heterocycles. The molecule has 2 aromatic carbocycles. The number of hydrazone groups is 1. The largest absolute Gasteiger partial charge is 0.278 e. The molecule has 0 saturated carbocycles. The lowest BCUT2D eigenvalue weighted by molar-refractivity contribution is -0.385. The predicted molar refractivity (Wildman–Crippen MR) is 120 cm³/mol. The molecule has 2 aliphatic heterocycles. The molecular formula is C21H13ClFN5O3S. The summed E-state index contributed by atoms with van der Waals surface area (Å²) < 4.78 is 13.8. The highest BCUT2D eigenvalue weighted by molar-refractivity contribution is 8.14. The Bertz CT molecular complexity index is 1360. The summed E-state index contributed by atoms with van der Waals surface area (Å²) in [6.07, 6.45) is 0.265. The number of hydrogen-bond donors (Lipinski definition) is 0. The first-order valence-electron chi connectivity index (χ1n) is 9.51. The van der Waals surface area contributed by atoms with E-state index in [-0.39, 0.29) is 28.9 Å². The Kier molecular flexibility index (Phi) is 5.10. The van der Waals surface area contributed by atoms with Gasteiger partial charge in [0.2, 0.25) is 0 Å². The number of benzene rings is 2. The molecule has 3 heterocycles. The third kappa shape index (κ3) is 3.61. The van der Waals surface area contributed by atoms with Gasteiger partial charge >= 0.3 is 0 Å². The van der Waals surface area contributed by atoms with Crippen molar-refractivity contribution in [2.24, 2.45) is 10.1 Å². The van der Waals surface area contributed by atoms with Crippen LogP contribution in [0.5, 0.6) is 0 Å². The molecule has 8 nitrogen and oxygen atoms in total. The van der Waals surface area contributed by atoms with Crippen molar-refractivity contribution >= 4 is 56.7 Å². The van der Waals surface area contributed by atoms with Crippen LogP contribution in [-0.4, -0.2) is 37.5 Å². The minimum Gasteiger partial charge on any atom is -0.272 e. The van der Waals surface area contributed by atoms with E-state index in [0.717, 1.165) is 0 Å². The first-order valence-corrected chi connectivity index (χ1v) is 10.9. The van der Waals surface area contributed by atoms with Gasteiger partial charge in [-0.05, 0) is 30.3 Å². The first kappa shape index (κ1) is 20.5. The number of pyridine rings is 1. The summed E-state index contributed by atoms with van der Waals surface area (Å²) in [6, 6.07) is 11.7. The van der Waals surface area contributed by atoms with E-state index in [1.54, 1.807) is 29.3 Å². The van der Waals surface area contributed by atoms with Gasteiger partial charge in [0.25, 0.3) is 11.6 Å². The standard InChI is InChI=1S/C21H13ClFN5O3S/c22-20-14(8-11-7-12(23)5-6-15(11)24-20)18-9-16(13-3-1-2-4-17(13)28(30)31)26-27(18)21-25-19(29)10-32-21/h1-8,18H,9-10H2. The van der Waals surface area contributed by atoms with Crippen LogP contribution in [0, 0.1) is 15.9 Å². The number of carbonyl (C=O) groups is 1. The van der Waals surface area contributed by atoms with Gasteiger partial charge in [-0.2, -0.15) is 10.1 Å². The van der Waals surface area contributed by atoms with Crippen molar-refractivity contribution in [3.8, 4) is 0 Å². The maximum absolute atomic E-state index is 13.8. The molecule has 0 radical (unpaired) electrons. The van der Waals surface area contributed by atoms with Gasteiger partial charge in [0.15, 0.2) is 5.17 Å². The second-order valence-corrected chi connectivity index (χ2v) is 8.47. The first-order chi connectivity index (χ1) is 15.4. The van der Waals surface area contributed by atoms with Crippen LogP contribution in [0.2, 0.25) is 5.15 Å². The molecular weight excluding hydrogens is 457 g/mol. The molecule has 32 heavy (non-hydrogen) atoms. The summed E-state index contributed by atoms with van der Waals surface area (Å²) >= 11 is 7.72. The maximum atomic E-state index is 13.8. The van der Waals surface area contributed by atoms with E-state index in [4.69, 9.17) is 11.6 Å². The zero-order chi connectivity index (χ0) is 22.4. The number of hydrogen-bond acceptors (Lipinski definition) is 7. The molecule has 1 amide bonds. The van der Waals surface area contributed by atoms with Crippen LogP contribution in [-0.2, 0) is 4.79 Å². The number of nitro benzene ring substituents is 1. The van der Waals surface area contributed by atoms with Gasteiger partial charge in [-0.25, -0.2) is 14.4 Å². The summed E-state index contributed by atoms with van der Waals surface area (Å²) in [7, 11) is 0. The monoisotopic (exact) mass is 469 g/mol. The van der Waals surface area contributed by atoms with Gasteiger partial charge in [0.05, 0.1) is 33.5 Å². The van der Waals surface area contributed by atoms with Crippen LogP contribution in [0.4, 0.5) is 10.1 Å². The Morgan fingerprint density at radius 1 is 1.22 bits per heavy atom. The Balaban J connectivity index is 1.63. The van der Waals surface area contributed by atoms with Crippen LogP contribution in [0.3, 0.4) is 0 Å². The highest BCUT2D eigenvalue weighted by Crippen LogP contribution is 2.40. The quantitative estimate of drug-likeness (QED) is 0.312. The average molecular weight is 470 g/mol. The topological polar surface area (TPSA) is 101 Å². The number of thioether (sulfide) groups is 1. The second kappa shape index (κ2) is 7.95. The number of fused-ring (bicyclic) bond motifs is 1. The molecule has 5 rings (SSSR count). The van der Waals surface area contributed by atoms with Gasteiger partial charge < -0.3 is 0 Å². The zero-order valence-electron chi connectivity index (χ0n) is 16.2. The van der Waals surface area contributed by atoms with Crippen molar-refractivity contribution in [2.45, 2.75) is 12.5 Å². The molecule has 0 aliphatic carbocycles. The number of aliphatic imine (C=N–C) groups is 1. The van der Waals surface area contributed by atoms with E-state index in [0.29, 0.717) is 32.9 Å². The summed E-state index contributed by atoms with van der Waals surface area (Å²) in [5.74, 6) is -0.513. The van der Waals surface area contributed by atoms with Crippen molar-refractivity contribution in [3.63, 3.8) is 0 Å². The molecule has 0 N–H and O–H groups in total. The van der Waals surface area contributed by atoms with E-state index in [1.165, 1.54) is 36.0 Å². The van der Waals surface area contributed by atoms with Crippen LogP contribution in [0.25, 0.3) is 10.9 Å². The van der Waals surface area contributed by atoms with Crippen LogP contribution in [0.1, 0.15) is 23.6 Å². The molecule has 160 valence electrons. The van der Waals surface area contributed by atoms with E-state index in [9.17, 15) is 19.3 Å². The lowest BCUT2D eigenvalue weighted by Crippen LogP contribution is -2.24. The van der Waals surface area contributed by atoms with Gasteiger partial charge in [0, 0.05) is 23.4 Å². The maximum Gasteiger partial charge on any atom is 0.278 e. The molecule has 3 aromatic rings. The van der Waals surface area contributed by atoms with Crippen molar-refractivity contribution in [1.29, 1.82) is 0 Å². The van der Waals surface area contributed by atoms with Crippen LogP contribution < -0.4 is 0 Å². The lowest BCUT2D eigenvalue weighted by Gasteiger charge is -2.23. The van der Waals surface area contributed by atoms with E-state index in [2.05, 4.69) is 15.1 Å². The Labute approximate surface area is 189 Å². The second-order valence-electron chi connectivity index (χ2n) is 7.17. The summed E-state index contributed by atoms with van der Waals surface area (Å²) in [6.45, 7) is 0. The highest BCUT2D eigenvalue weighted by atomic mass is 35.5. The summed E-state index contributed by atoms with van der Waals surface area (Å²) in [5, 5.41) is 18.8. The number of nitro groups is 1. The average Bonchev–Trinajstić information content (AvgIpc) is 3.40. The fraction of sp³-hybridized carbons (Fsp3) is 0.143. The number of carbonyl (C=O) groups excluding carboxylic acids is 1. The Morgan fingerprint density at radius 2 is 2.03 bits per heavy atom. The Morgan fingerprint density at radius 3 is 2.78 bits per heavy atom. The van der Waals surface area contributed by atoms with E-state index < -0.39 is 16.8 Å². The normalized spacial score (nSPS) is 18.2. The van der Waals surface area contributed by atoms with Crippen molar-refractivity contribution in [1.82, 2.24) is 9.99 Å². The molecule has 0 bridgehead atoms. The smallest absolute Gasteiger partial charge is 0.272 e. The van der Waals surface area contributed by atoms with Gasteiger partial charge in [-0.1, -0.05) is 35.5 Å². The summed E-state index contributed by atoms with van der Waals surface area (Å²) in [5.41, 5.74) is 1.85. The minimum absolute atomic E-state index is 0.0752. The van der Waals surface area contributed by atoms with E-state index in [1.807, 2.05) is 0 Å². The van der Waals surface area contributed by atoms with Gasteiger partial charge in [0.1, 0.15) is 11.0 Å². The van der Waals surface area contributed by atoms with Crippen LogP contribution >= 0.6 is 23.4 Å². The highest BCUT2D eigenvalue weighted by Gasteiger charge is 2.37. The number of rotatable bonds is 3. The molecule has 0 saturated heterocycles. The number of nitrogens with zero attached hydrogens (tertiary/aromatic N) is 5. The Hall–Kier alpha value is -3.37. The van der Waals surface area contributed by atoms with Crippen molar-refractivity contribution < 1.29 is 14.1 Å². The molecule has 0 fully saturated rings. The molecule has 0 spiro atoms. The minimum atomic E-state index is -0.519. The third-order valence-electron chi connectivity index (χ3n) is 5.18. The van der Waals surface area contributed by atoms with Crippen molar-refractivity contribution in [3.05, 3.63) is 80.7 Å². The van der Waals surface area contributed by atoms with Crippen molar-refractivity contribution in [2.75, 3.05) is 5.75 Å². The van der Waals surface area contributed by atoms with E-state index >= 15 is 0 Å². The number of aromatic nitrogens is 1. The molecule has 1 unspecified atom stereocenters. The zero-order valence-corrected chi connectivity index (χ0v) is 17.8. The lowest BCUT2D eigenvalue weighted by atomic mass is 9.97. The fourth-order valence-corrected chi connectivity index (χ4v) is 4.81. The third-order valence-corrected chi connectivity index (χ3v) is 6.41. The predicted octanol–water partition coefficient (Wildman–Crippen LogP) is 4.72. The number of amidine groups is 1. The molecule has 1 atom stereocenters. The van der Waals surface area contributed by atoms with Crippen LogP contribution in [0.15, 0.2) is 58.6 Å². The molecule has 11 heteroatoms. The van der Waals surface area contributed by atoms with Gasteiger partial charge in [-0.15, -0.1) is 0 Å².